The van der Waals surface area contributed by atoms with E-state index < -0.39 is 6.04 Å². The van der Waals surface area contributed by atoms with Gasteiger partial charge in [-0.2, -0.15) is 0 Å². The second-order valence-corrected chi connectivity index (χ2v) is 3.81. The standard InChI is InChI=1S/C11H11ClFN3/c12-11-15-5-6-16(11)7-10(14)8-3-1-2-4-9(8)13/h1-6,10H,7,14H2. The molecule has 0 fully saturated rings. The molecule has 0 bridgehead atoms. The van der Waals surface area contributed by atoms with E-state index in [2.05, 4.69) is 4.98 Å². The van der Waals surface area contributed by atoms with Crippen LogP contribution < -0.4 is 5.73 Å². The van der Waals surface area contributed by atoms with Crippen molar-refractivity contribution in [3.05, 3.63) is 53.3 Å². The van der Waals surface area contributed by atoms with Crippen LogP contribution in [0.25, 0.3) is 0 Å². The highest BCUT2D eigenvalue weighted by molar-refractivity contribution is 6.28. The zero-order valence-corrected chi connectivity index (χ0v) is 9.23. The maximum atomic E-state index is 13.4. The molecular formula is C11H11ClFN3. The zero-order valence-electron chi connectivity index (χ0n) is 8.48. The Balaban J connectivity index is 2.18. The Morgan fingerprint density at radius 3 is 2.81 bits per heavy atom. The molecule has 3 nitrogen and oxygen atoms in total. The number of rotatable bonds is 3. The van der Waals surface area contributed by atoms with Crippen LogP contribution in [0.4, 0.5) is 4.39 Å². The molecule has 2 aromatic rings. The monoisotopic (exact) mass is 239 g/mol. The van der Waals surface area contributed by atoms with Crippen LogP contribution in [0.3, 0.4) is 0 Å². The zero-order chi connectivity index (χ0) is 11.5. The average Bonchev–Trinajstić information content (AvgIpc) is 2.65. The Labute approximate surface area is 97.7 Å². The minimum atomic E-state index is -0.437. The Bertz CT molecular complexity index is 484. The van der Waals surface area contributed by atoms with E-state index in [1.54, 1.807) is 35.2 Å². The van der Waals surface area contributed by atoms with Crippen molar-refractivity contribution >= 4 is 11.6 Å². The second-order valence-electron chi connectivity index (χ2n) is 3.48. The summed E-state index contributed by atoms with van der Waals surface area (Å²) in [5.41, 5.74) is 6.39. The molecule has 0 amide bonds. The van der Waals surface area contributed by atoms with E-state index in [1.807, 2.05) is 0 Å². The van der Waals surface area contributed by atoms with E-state index in [1.165, 1.54) is 6.07 Å². The summed E-state index contributed by atoms with van der Waals surface area (Å²) >= 11 is 5.81. The third kappa shape index (κ3) is 2.23. The third-order valence-corrected chi connectivity index (χ3v) is 2.68. The SMILES string of the molecule is NC(Cn1ccnc1Cl)c1ccccc1F. The van der Waals surface area contributed by atoms with Gasteiger partial charge < -0.3 is 10.3 Å². The van der Waals surface area contributed by atoms with Crippen molar-refractivity contribution in [2.45, 2.75) is 12.6 Å². The number of halogens is 2. The number of hydrogen-bond donors (Lipinski definition) is 1. The Morgan fingerprint density at radius 1 is 1.44 bits per heavy atom. The van der Waals surface area contributed by atoms with Crippen LogP contribution in [-0.2, 0) is 6.54 Å². The molecule has 0 aliphatic rings. The van der Waals surface area contributed by atoms with Crippen molar-refractivity contribution in [2.75, 3.05) is 0 Å². The molecule has 1 aromatic heterocycles. The molecule has 16 heavy (non-hydrogen) atoms. The van der Waals surface area contributed by atoms with Crippen LogP contribution >= 0.6 is 11.6 Å². The maximum Gasteiger partial charge on any atom is 0.202 e. The molecule has 0 saturated heterocycles. The van der Waals surface area contributed by atoms with E-state index in [9.17, 15) is 4.39 Å². The molecule has 1 unspecified atom stereocenters. The Kier molecular flexibility index (Phi) is 3.22. The van der Waals surface area contributed by atoms with Crippen molar-refractivity contribution in [1.29, 1.82) is 0 Å². The quantitative estimate of drug-likeness (QED) is 0.894. The largest absolute Gasteiger partial charge is 0.322 e. The van der Waals surface area contributed by atoms with Gasteiger partial charge in [-0.25, -0.2) is 9.37 Å². The average molecular weight is 240 g/mol. The van der Waals surface area contributed by atoms with E-state index in [0.717, 1.165) is 0 Å². The van der Waals surface area contributed by atoms with Crippen LogP contribution in [0.1, 0.15) is 11.6 Å². The molecule has 0 spiro atoms. The topological polar surface area (TPSA) is 43.8 Å². The van der Waals surface area contributed by atoms with Gasteiger partial charge in [-0.1, -0.05) is 18.2 Å². The third-order valence-electron chi connectivity index (χ3n) is 2.36. The van der Waals surface area contributed by atoms with Crippen LogP contribution in [-0.4, -0.2) is 9.55 Å². The van der Waals surface area contributed by atoms with Gasteiger partial charge in [0, 0.05) is 24.5 Å². The fourth-order valence-corrected chi connectivity index (χ4v) is 1.71. The number of imidazole rings is 1. The van der Waals surface area contributed by atoms with E-state index >= 15 is 0 Å². The van der Waals surface area contributed by atoms with Gasteiger partial charge in [-0.05, 0) is 17.7 Å². The fourth-order valence-electron chi connectivity index (χ4n) is 1.53. The molecule has 1 heterocycles. The molecule has 1 aromatic carbocycles. The maximum absolute atomic E-state index is 13.4. The Morgan fingerprint density at radius 2 is 2.19 bits per heavy atom. The van der Waals surface area contributed by atoms with Crippen molar-refractivity contribution in [1.82, 2.24) is 9.55 Å². The lowest BCUT2D eigenvalue weighted by Crippen LogP contribution is -2.18. The van der Waals surface area contributed by atoms with Gasteiger partial charge in [-0.3, -0.25) is 0 Å². The first-order valence-corrected chi connectivity index (χ1v) is 5.23. The first kappa shape index (κ1) is 11.1. The lowest BCUT2D eigenvalue weighted by atomic mass is 10.1. The lowest BCUT2D eigenvalue weighted by molar-refractivity contribution is 0.532. The van der Waals surface area contributed by atoms with E-state index in [0.29, 0.717) is 17.4 Å². The number of aromatic nitrogens is 2. The van der Waals surface area contributed by atoms with Crippen molar-refractivity contribution < 1.29 is 4.39 Å². The van der Waals surface area contributed by atoms with Gasteiger partial charge in [0.25, 0.3) is 0 Å². The number of nitrogens with two attached hydrogens (primary N) is 1. The number of hydrogen-bond acceptors (Lipinski definition) is 2. The van der Waals surface area contributed by atoms with Crippen LogP contribution in [0.15, 0.2) is 36.7 Å². The van der Waals surface area contributed by atoms with Gasteiger partial charge in [0.15, 0.2) is 0 Å². The first-order valence-electron chi connectivity index (χ1n) is 4.85. The van der Waals surface area contributed by atoms with Crippen LogP contribution in [0.2, 0.25) is 5.28 Å². The van der Waals surface area contributed by atoms with Crippen molar-refractivity contribution in [3.8, 4) is 0 Å². The predicted octanol–water partition coefficient (Wildman–Crippen LogP) is 2.38. The molecule has 2 N–H and O–H groups in total. The normalized spacial score (nSPS) is 12.7. The summed E-state index contributed by atoms with van der Waals surface area (Å²) in [4.78, 5) is 3.86. The summed E-state index contributed by atoms with van der Waals surface area (Å²) in [6.07, 6.45) is 3.29. The number of benzene rings is 1. The summed E-state index contributed by atoms with van der Waals surface area (Å²) in [5, 5.41) is 0.354. The van der Waals surface area contributed by atoms with Gasteiger partial charge in [0.2, 0.25) is 5.28 Å². The highest BCUT2D eigenvalue weighted by Gasteiger charge is 2.12. The smallest absolute Gasteiger partial charge is 0.202 e. The molecule has 0 aliphatic carbocycles. The summed E-state index contributed by atoms with van der Waals surface area (Å²) in [6, 6.07) is 6.02. The van der Waals surface area contributed by atoms with E-state index in [-0.39, 0.29) is 5.82 Å². The summed E-state index contributed by atoms with van der Waals surface area (Å²) in [6.45, 7) is 0.403. The molecule has 0 saturated carbocycles. The molecule has 1 atom stereocenters. The Hall–Kier alpha value is -1.39. The molecular weight excluding hydrogens is 229 g/mol. The number of nitrogens with zero attached hydrogens (tertiary/aromatic N) is 2. The lowest BCUT2D eigenvalue weighted by Gasteiger charge is -2.13. The van der Waals surface area contributed by atoms with Crippen molar-refractivity contribution in [3.63, 3.8) is 0 Å². The minimum absolute atomic E-state index is 0.300. The highest BCUT2D eigenvalue weighted by atomic mass is 35.5. The summed E-state index contributed by atoms with van der Waals surface area (Å²) < 4.78 is 15.1. The fraction of sp³-hybridized carbons (Fsp3) is 0.182. The van der Waals surface area contributed by atoms with Gasteiger partial charge in [0.1, 0.15) is 5.82 Å². The highest BCUT2D eigenvalue weighted by Crippen LogP contribution is 2.17. The molecule has 84 valence electrons. The van der Waals surface area contributed by atoms with Gasteiger partial charge in [-0.15, -0.1) is 0 Å². The molecule has 0 aliphatic heterocycles. The van der Waals surface area contributed by atoms with Crippen LogP contribution in [0, 0.1) is 5.82 Å². The minimum Gasteiger partial charge on any atom is -0.322 e. The summed E-state index contributed by atoms with van der Waals surface area (Å²) in [7, 11) is 0. The molecule has 2 rings (SSSR count). The molecule has 5 heteroatoms. The van der Waals surface area contributed by atoms with Crippen LogP contribution in [0.5, 0.6) is 0 Å². The van der Waals surface area contributed by atoms with Gasteiger partial charge >= 0.3 is 0 Å². The second kappa shape index (κ2) is 4.63. The van der Waals surface area contributed by atoms with Gasteiger partial charge in [0.05, 0.1) is 6.04 Å². The predicted molar refractivity (Wildman–Crippen MR) is 60.6 cm³/mol. The molecule has 0 radical (unpaired) electrons. The summed E-state index contributed by atoms with van der Waals surface area (Å²) in [5.74, 6) is -0.300. The van der Waals surface area contributed by atoms with E-state index in [4.69, 9.17) is 17.3 Å². The first-order chi connectivity index (χ1) is 7.68. The van der Waals surface area contributed by atoms with Crippen molar-refractivity contribution in [2.24, 2.45) is 5.73 Å².